The zero-order valence-electron chi connectivity index (χ0n) is 14.1. The summed E-state index contributed by atoms with van der Waals surface area (Å²) in [5, 5.41) is 4.43. The molecule has 1 fully saturated rings. The number of nitrogens with zero attached hydrogens (tertiary/aromatic N) is 1. The molecule has 0 aromatic heterocycles. The summed E-state index contributed by atoms with van der Waals surface area (Å²) in [6.07, 6.45) is 1.93. The van der Waals surface area contributed by atoms with E-state index in [0.29, 0.717) is 23.1 Å². The number of hydrogen-bond donors (Lipinski definition) is 1. The first-order chi connectivity index (χ1) is 12.1. The van der Waals surface area contributed by atoms with Crippen LogP contribution in [-0.4, -0.2) is 23.9 Å². The lowest BCUT2D eigenvalue weighted by Crippen LogP contribution is -2.42. The quantitative estimate of drug-likeness (QED) is 0.831. The van der Waals surface area contributed by atoms with Crippen LogP contribution in [0.15, 0.2) is 48.5 Å². The van der Waals surface area contributed by atoms with Crippen molar-refractivity contribution in [1.29, 1.82) is 0 Å². The van der Waals surface area contributed by atoms with Crippen molar-refractivity contribution in [2.24, 2.45) is 5.92 Å². The van der Waals surface area contributed by atoms with E-state index in [9.17, 15) is 4.79 Å². The van der Waals surface area contributed by atoms with Crippen LogP contribution < -0.4 is 5.32 Å². The summed E-state index contributed by atoms with van der Waals surface area (Å²) in [5.74, 6) is 0.137. The van der Waals surface area contributed by atoms with Crippen molar-refractivity contribution in [3.63, 3.8) is 0 Å². The third-order valence-electron chi connectivity index (χ3n) is 4.63. The molecule has 0 saturated carbocycles. The summed E-state index contributed by atoms with van der Waals surface area (Å²) in [6, 6.07) is 15.6. The van der Waals surface area contributed by atoms with Gasteiger partial charge in [0.2, 0.25) is 5.91 Å². The highest BCUT2D eigenvalue weighted by Crippen LogP contribution is 2.27. The molecule has 1 aliphatic rings. The Hall–Kier alpha value is -1.55. The van der Waals surface area contributed by atoms with E-state index in [4.69, 9.17) is 23.2 Å². The van der Waals surface area contributed by atoms with Crippen molar-refractivity contribution in [3.05, 3.63) is 69.7 Å². The molecule has 1 aliphatic heterocycles. The topological polar surface area (TPSA) is 32.3 Å². The molecule has 2 aromatic rings. The van der Waals surface area contributed by atoms with Gasteiger partial charge in [-0.15, -0.1) is 0 Å². The third-order valence-corrected chi connectivity index (χ3v) is 5.34. The predicted octanol–water partition coefficient (Wildman–Crippen LogP) is 4.52. The summed E-state index contributed by atoms with van der Waals surface area (Å²) in [7, 11) is 0. The maximum absolute atomic E-state index is 12.5. The number of piperidine rings is 1. The number of halogens is 2. The number of nitrogens with one attached hydrogen (secondary N) is 1. The van der Waals surface area contributed by atoms with Gasteiger partial charge in [0.25, 0.3) is 0 Å². The van der Waals surface area contributed by atoms with Crippen molar-refractivity contribution < 1.29 is 4.79 Å². The fourth-order valence-corrected chi connectivity index (χ4v) is 3.77. The second kappa shape index (κ2) is 8.70. The fourth-order valence-electron chi connectivity index (χ4n) is 3.25. The predicted molar refractivity (Wildman–Crippen MR) is 103 cm³/mol. The maximum atomic E-state index is 12.5. The van der Waals surface area contributed by atoms with Gasteiger partial charge >= 0.3 is 0 Å². The number of benzene rings is 2. The van der Waals surface area contributed by atoms with E-state index in [2.05, 4.69) is 10.2 Å². The lowest BCUT2D eigenvalue weighted by atomic mass is 9.96. The average molecular weight is 377 g/mol. The summed E-state index contributed by atoms with van der Waals surface area (Å²) < 4.78 is 0. The minimum atomic E-state index is 0.0127. The second-order valence-corrected chi connectivity index (χ2v) is 7.29. The molecule has 1 heterocycles. The molecule has 1 N–H and O–H groups in total. The van der Waals surface area contributed by atoms with Crippen LogP contribution >= 0.6 is 23.2 Å². The molecule has 1 atom stereocenters. The Kier molecular flexibility index (Phi) is 6.35. The van der Waals surface area contributed by atoms with E-state index < -0.39 is 0 Å². The first kappa shape index (κ1) is 18.2. The standard InChI is InChI=1S/C20H22Cl2N2O/c21-18-9-4-10-19(22)17(18)14-24-11-5-8-16(13-24)20(25)23-12-15-6-2-1-3-7-15/h1-4,6-7,9-10,16H,5,8,11-14H2,(H,23,25). The summed E-state index contributed by atoms with van der Waals surface area (Å²) in [5.41, 5.74) is 2.06. The highest BCUT2D eigenvalue weighted by atomic mass is 35.5. The number of carbonyl (C=O) groups is 1. The van der Waals surface area contributed by atoms with Gasteiger partial charge in [-0.2, -0.15) is 0 Å². The van der Waals surface area contributed by atoms with E-state index in [0.717, 1.165) is 37.1 Å². The van der Waals surface area contributed by atoms with E-state index in [1.807, 2.05) is 48.5 Å². The normalized spacial score (nSPS) is 18.1. The van der Waals surface area contributed by atoms with Crippen LogP contribution in [0, 0.1) is 5.92 Å². The molecule has 0 spiro atoms. The van der Waals surface area contributed by atoms with Crippen molar-refractivity contribution in [2.45, 2.75) is 25.9 Å². The Balaban J connectivity index is 1.56. The fraction of sp³-hybridized carbons (Fsp3) is 0.350. The smallest absolute Gasteiger partial charge is 0.224 e. The number of amides is 1. The number of carbonyl (C=O) groups excluding carboxylic acids is 1. The van der Waals surface area contributed by atoms with Gasteiger partial charge in [0.15, 0.2) is 0 Å². The van der Waals surface area contributed by atoms with E-state index in [1.54, 1.807) is 0 Å². The molecule has 3 rings (SSSR count). The molecule has 2 aromatic carbocycles. The van der Waals surface area contributed by atoms with Gasteiger partial charge in [-0.3, -0.25) is 9.69 Å². The number of hydrogen-bond acceptors (Lipinski definition) is 2. The summed E-state index contributed by atoms with van der Waals surface area (Å²) in [4.78, 5) is 14.8. The Morgan fingerprint density at radius 2 is 1.80 bits per heavy atom. The van der Waals surface area contributed by atoms with E-state index in [-0.39, 0.29) is 11.8 Å². The van der Waals surface area contributed by atoms with Gasteiger partial charge in [0, 0.05) is 35.2 Å². The highest BCUT2D eigenvalue weighted by Gasteiger charge is 2.26. The van der Waals surface area contributed by atoms with Crippen LogP contribution in [-0.2, 0) is 17.9 Å². The van der Waals surface area contributed by atoms with Gasteiger partial charge in [-0.1, -0.05) is 59.6 Å². The van der Waals surface area contributed by atoms with E-state index >= 15 is 0 Å². The molecule has 25 heavy (non-hydrogen) atoms. The molecule has 0 radical (unpaired) electrons. The van der Waals surface area contributed by atoms with Crippen molar-refractivity contribution in [1.82, 2.24) is 10.2 Å². The largest absolute Gasteiger partial charge is 0.352 e. The average Bonchev–Trinajstić information content (AvgIpc) is 2.64. The zero-order chi connectivity index (χ0) is 17.6. The molecular formula is C20H22Cl2N2O. The molecule has 132 valence electrons. The van der Waals surface area contributed by atoms with Crippen LogP contribution in [0.1, 0.15) is 24.0 Å². The van der Waals surface area contributed by atoms with E-state index in [1.165, 1.54) is 0 Å². The monoisotopic (exact) mass is 376 g/mol. The molecule has 1 unspecified atom stereocenters. The van der Waals surface area contributed by atoms with Gasteiger partial charge in [0.1, 0.15) is 0 Å². The van der Waals surface area contributed by atoms with Gasteiger partial charge in [-0.25, -0.2) is 0 Å². The molecular weight excluding hydrogens is 355 g/mol. The van der Waals surface area contributed by atoms with Crippen LogP contribution in [0.4, 0.5) is 0 Å². The van der Waals surface area contributed by atoms with Gasteiger partial charge in [-0.05, 0) is 37.1 Å². The summed E-state index contributed by atoms with van der Waals surface area (Å²) >= 11 is 12.5. The third kappa shape index (κ3) is 4.97. The minimum absolute atomic E-state index is 0.0127. The Morgan fingerprint density at radius 3 is 2.52 bits per heavy atom. The van der Waals surface area contributed by atoms with Gasteiger partial charge in [0.05, 0.1) is 5.92 Å². The Labute approximate surface area is 158 Å². The molecule has 1 amide bonds. The van der Waals surface area contributed by atoms with Gasteiger partial charge < -0.3 is 5.32 Å². The molecule has 5 heteroatoms. The first-order valence-corrected chi connectivity index (χ1v) is 9.36. The molecule has 3 nitrogen and oxygen atoms in total. The lowest BCUT2D eigenvalue weighted by Gasteiger charge is -2.32. The maximum Gasteiger partial charge on any atom is 0.224 e. The highest BCUT2D eigenvalue weighted by molar-refractivity contribution is 6.35. The Bertz CT molecular complexity index is 701. The van der Waals surface area contributed by atoms with Crippen LogP contribution in [0.25, 0.3) is 0 Å². The molecule has 1 saturated heterocycles. The van der Waals surface area contributed by atoms with Crippen LogP contribution in [0.2, 0.25) is 10.0 Å². The summed E-state index contributed by atoms with van der Waals surface area (Å²) in [6.45, 7) is 2.96. The second-order valence-electron chi connectivity index (χ2n) is 6.48. The number of likely N-dealkylation sites (tertiary alicyclic amines) is 1. The SMILES string of the molecule is O=C(NCc1ccccc1)C1CCCN(Cc2c(Cl)cccc2Cl)C1. The minimum Gasteiger partial charge on any atom is -0.352 e. The Morgan fingerprint density at radius 1 is 1.08 bits per heavy atom. The van der Waals surface area contributed by atoms with Crippen molar-refractivity contribution in [3.8, 4) is 0 Å². The van der Waals surface area contributed by atoms with Crippen LogP contribution in [0.5, 0.6) is 0 Å². The van der Waals surface area contributed by atoms with Crippen molar-refractivity contribution in [2.75, 3.05) is 13.1 Å². The number of rotatable bonds is 5. The van der Waals surface area contributed by atoms with Crippen LogP contribution in [0.3, 0.4) is 0 Å². The lowest BCUT2D eigenvalue weighted by molar-refractivity contribution is -0.126. The first-order valence-electron chi connectivity index (χ1n) is 8.60. The van der Waals surface area contributed by atoms with Crippen molar-refractivity contribution >= 4 is 29.1 Å². The molecule has 0 bridgehead atoms. The zero-order valence-corrected chi connectivity index (χ0v) is 15.6. The molecule has 0 aliphatic carbocycles.